The molecule has 25 heavy (non-hydrogen) atoms. The molecule has 126 valence electrons. The second-order valence-corrected chi connectivity index (χ2v) is 6.34. The predicted octanol–water partition coefficient (Wildman–Crippen LogP) is 4.23. The molecule has 0 radical (unpaired) electrons. The number of nitrogens with one attached hydrogen (secondary N) is 1. The molecule has 4 rings (SSSR count). The van der Waals surface area contributed by atoms with Crippen LogP contribution in [-0.4, -0.2) is 17.6 Å². The molecule has 1 aliphatic heterocycles. The van der Waals surface area contributed by atoms with Gasteiger partial charge in [-0.1, -0.05) is 42.5 Å². The molecule has 0 amide bonds. The molecule has 0 aliphatic carbocycles. The van der Waals surface area contributed by atoms with E-state index < -0.39 is 0 Å². The Morgan fingerprint density at radius 3 is 2.60 bits per heavy atom. The molecule has 1 N–H and O–H groups in total. The van der Waals surface area contributed by atoms with Crippen molar-refractivity contribution in [3.8, 4) is 5.88 Å². The molecular weight excluding hydrogens is 315 g/mol. The first-order chi connectivity index (χ1) is 12.3. The van der Waals surface area contributed by atoms with E-state index in [1.165, 1.54) is 17.7 Å². The van der Waals surface area contributed by atoms with E-state index in [-0.39, 0.29) is 11.9 Å². The number of hydrogen-bond donors (Lipinski definition) is 1. The Labute approximate surface area is 146 Å². The molecule has 1 aromatic heterocycles. The third-order valence-corrected chi connectivity index (χ3v) is 4.34. The second kappa shape index (κ2) is 6.93. The molecule has 3 nitrogen and oxygen atoms in total. The lowest BCUT2D eigenvalue weighted by atomic mass is 10.0. The van der Waals surface area contributed by atoms with Gasteiger partial charge >= 0.3 is 0 Å². The molecule has 0 saturated heterocycles. The van der Waals surface area contributed by atoms with Gasteiger partial charge in [0.1, 0.15) is 12.4 Å². The fourth-order valence-corrected chi connectivity index (χ4v) is 3.10. The first kappa shape index (κ1) is 15.6. The molecule has 0 fully saturated rings. The molecule has 0 spiro atoms. The summed E-state index contributed by atoms with van der Waals surface area (Å²) in [6.07, 6.45) is 3.44. The Hall–Kier alpha value is -2.88. The minimum atomic E-state index is -0.217. The summed E-state index contributed by atoms with van der Waals surface area (Å²) in [4.78, 5) is 4.42. The molecule has 1 atom stereocenters. The Balaban J connectivity index is 1.48. The normalized spacial score (nSPS) is 15.8. The highest BCUT2D eigenvalue weighted by atomic mass is 19.1. The number of aromatic nitrogens is 1. The summed E-state index contributed by atoms with van der Waals surface area (Å²) in [5.74, 6) is 0.429. The Morgan fingerprint density at radius 1 is 1.00 bits per heavy atom. The van der Waals surface area contributed by atoms with Gasteiger partial charge in [0.2, 0.25) is 5.88 Å². The van der Waals surface area contributed by atoms with Gasteiger partial charge in [-0.25, -0.2) is 9.37 Å². The highest BCUT2D eigenvalue weighted by molar-refractivity contribution is 5.56. The number of nitrogens with zero attached hydrogens (tertiary/aromatic N) is 1. The predicted molar refractivity (Wildman–Crippen MR) is 96.5 cm³/mol. The first-order valence-electron chi connectivity index (χ1n) is 8.43. The van der Waals surface area contributed by atoms with Crippen LogP contribution in [0, 0.1) is 5.82 Å². The molecule has 3 aromatic rings. The SMILES string of the molecule is Fc1ccc(Cc2cnc3c(c2)NC(Cc2ccccc2)CO3)cc1. The van der Waals surface area contributed by atoms with E-state index in [4.69, 9.17) is 4.74 Å². The van der Waals surface area contributed by atoms with Crippen molar-refractivity contribution in [1.29, 1.82) is 0 Å². The number of rotatable bonds is 4. The van der Waals surface area contributed by atoms with E-state index in [1.54, 1.807) is 12.1 Å². The van der Waals surface area contributed by atoms with Crippen molar-refractivity contribution >= 4 is 5.69 Å². The van der Waals surface area contributed by atoms with Crippen LogP contribution in [0.4, 0.5) is 10.1 Å². The quantitative estimate of drug-likeness (QED) is 0.775. The van der Waals surface area contributed by atoms with Gasteiger partial charge in [0.25, 0.3) is 0 Å². The van der Waals surface area contributed by atoms with E-state index in [1.807, 2.05) is 12.3 Å². The average molecular weight is 334 g/mol. The zero-order valence-electron chi connectivity index (χ0n) is 13.8. The number of ether oxygens (including phenoxy) is 1. The minimum Gasteiger partial charge on any atom is -0.474 e. The van der Waals surface area contributed by atoms with Gasteiger partial charge in [-0.2, -0.15) is 0 Å². The highest BCUT2D eigenvalue weighted by Crippen LogP contribution is 2.29. The van der Waals surface area contributed by atoms with Crippen molar-refractivity contribution in [3.05, 3.63) is 89.4 Å². The van der Waals surface area contributed by atoms with E-state index in [0.29, 0.717) is 18.9 Å². The Morgan fingerprint density at radius 2 is 1.80 bits per heavy atom. The third kappa shape index (κ3) is 3.79. The second-order valence-electron chi connectivity index (χ2n) is 6.34. The van der Waals surface area contributed by atoms with Crippen LogP contribution >= 0.6 is 0 Å². The maximum absolute atomic E-state index is 13.0. The van der Waals surface area contributed by atoms with Crippen molar-refractivity contribution < 1.29 is 9.13 Å². The summed E-state index contributed by atoms with van der Waals surface area (Å²) in [5, 5.41) is 3.53. The van der Waals surface area contributed by atoms with Gasteiger partial charge in [0.15, 0.2) is 0 Å². The van der Waals surface area contributed by atoms with Crippen molar-refractivity contribution in [1.82, 2.24) is 4.98 Å². The zero-order chi connectivity index (χ0) is 17.1. The van der Waals surface area contributed by atoms with Crippen LogP contribution in [0.3, 0.4) is 0 Å². The number of hydrogen-bond acceptors (Lipinski definition) is 3. The van der Waals surface area contributed by atoms with Crippen LogP contribution in [0.25, 0.3) is 0 Å². The van der Waals surface area contributed by atoms with Gasteiger partial charge in [0, 0.05) is 6.20 Å². The van der Waals surface area contributed by atoms with Gasteiger partial charge in [-0.15, -0.1) is 0 Å². The van der Waals surface area contributed by atoms with E-state index in [9.17, 15) is 4.39 Å². The lowest BCUT2D eigenvalue weighted by Crippen LogP contribution is -2.33. The topological polar surface area (TPSA) is 34.2 Å². The van der Waals surface area contributed by atoms with E-state index >= 15 is 0 Å². The fraction of sp³-hybridized carbons (Fsp3) is 0.190. The number of fused-ring (bicyclic) bond motifs is 1. The molecule has 0 bridgehead atoms. The molecule has 1 unspecified atom stereocenters. The van der Waals surface area contributed by atoms with E-state index in [0.717, 1.165) is 23.2 Å². The van der Waals surface area contributed by atoms with Crippen molar-refractivity contribution in [2.45, 2.75) is 18.9 Å². The highest BCUT2D eigenvalue weighted by Gasteiger charge is 2.20. The monoisotopic (exact) mass is 334 g/mol. The summed E-state index contributed by atoms with van der Waals surface area (Å²) in [5.41, 5.74) is 4.33. The molecule has 4 heteroatoms. The molecule has 2 aromatic carbocycles. The summed E-state index contributed by atoms with van der Waals surface area (Å²) in [6, 6.07) is 19.2. The zero-order valence-corrected chi connectivity index (χ0v) is 13.8. The number of benzene rings is 2. The van der Waals surface area contributed by atoms with Crippen molar-refractivity contribution in [2.24, 2.45) is 0 Å². The van der Waals surface area contributed by atoms with Crippen LogP contribution in [0.15, 0.2) is 66.9 Å². The molecule has 2 heterocycles. The van der Waals surface area contributed by atoms with Crippen LogP contribution in [0.5, 0.6) is 5.88 Å². The molecule has 1 aliphatic rings. The first-order valence-corrected chi connectivity index (χ1v) is 8.43. The average Bonchev–Trinajstić information content (AvgIpc) is 2.64. The van der Waals surface area contributed by atoms with Gasteiger partial charge in [0.05, 0.1) is 11.7 Å². The summed E-state index contributed by atoms with van der Waals surface area (Å²) >= 11 is 0. The molecule has 0 saturated carbocycles. The van der Waals surface area contributed by atoms with Crippen LogP contribution in [0.1, 0.15) is 16.7 Å². The smallest absolute Gasteiger partial charge is 0.237 e. The van der Waals surface area contributed by atoms with Gasteiger partial charge < -0.3 is 10.1 Å². The van der Waals surface area contributed by atoms with Crippen molar-refractivity contribution in [3.63, 3.8) is 0 Å². The van der Waals surface area contributed by atoms with Crippen LogP contribution in [-0.2, 0) is 12.8 Å². The number of pyridine rings is 1. The largest absolute Gasteiger partial charge is 0.474 e. The standard InChI is InChI=1S/C21H19FN2O/c22-18-8-6-16(7-9-18)10-17-12-20-21(23-13-17)25-14-19(24-20)11-15-4-2-1-3-5-15/h1-9,12-13,19,24H,10-11,14H2. The minimum absolute atomic E-state index is 0.217. The van der Waals surface area contributed by atoms with Crippen molar-refractivity contribution in [2.75, 3.05) is 11.9 Å². The number of halogens is 1. The lowest BCUT2D eigenvalue weighted by Gasteiger charge is -2.27. The Kier molecular flexibility index (Phi) is 4.34. The fourth-order valence-electron chi connectivity index (χ4n) is 3.10. The number of anilines is 1. The Bertz CT molecular complexity index is 850. The maximum atomic E-state index is 13.0. The van der Waals surface area contributed by atoms with Gasteiger partial charge in [-0.05, 0) is 47.7 Å². The van der Waals surface area contributed by atoms with Gasteiger partial charge in [-0.3, -0.25) is 0 Å². The van der Waals surface area contributed by atoms with E-state index in [2.05, 4.69) is 40.6 Å². The maximum Gasteiger partial charge on any atom is 0.237 e. The third-order valence-electron chi connectivity index (χ3n) is 4.34. The molecular formula is C21H19FN2O. The summed E-state index contributed by atoms with van der Waals surface area (Å²) < 4.78 is 18.8. The van der Waals surface area contributed by atoms with Crippen LogP contribution < -0.4 is 10.1 Å². The van der Waals surface area contributed by atoms with Crippen LogP contribution in [0.2, 0.25) is 0 Å². The lowest BCUT2D eigenvalue weighted by molar-refractivity contribution is 0.272. The summed E-state index contributed by atoms with van der Waals surface area (Å²) in [6.45, 7) is 0.603. The summed E-state index contributed by atoms with van der Waals surface area (Å²) in [7, 11) is 0.